The molecule has 0 saturated carbocycles. The number of fused-ring (bicyclic) bond motifs is 1. The van der Waals surface area contributed by atoms with Crippen LogP contribution in [0.4, 0.5) is 11.4 Å². The molecule has 8 nitrogen and oxygen atoms in total. The first-order valence-corrected chi connectivity index (χ1v) is 4.32. The smallest absolute Gasteiger partial charge is 0.321 e. The van der Waals surface area contributed by atoms with E-state index in [9.17, 15) is 20.2 Å². The largest absolute Gasteiger partial charge is 0.486 e. The molecule has 0 unspecified atom stereocenters. The Balaban J connectivity index is 2.61. The minimum Gasteiger partial charge on any atom is -0.486 e. The Kier molecular flexibility index (Phi) is 2.31. The summed E-state index contributed by atoms with van der Waals surface area (Å²) in [6, 6.07) is 1.97. The maximum atomic E-state index is 10.7. The fraction of sp³-hybridized carbons (Fsp3) is 0.250. The van der Waals surface area contributed by atoms with E-state index < -0.39 is 21.2 Å². The van der Waals surface area contributed by atoms with Gasteiger partial charge >= 0.3 is 5.69 Å². The van der Waals surface area contributed by atoms with Crippen molar-refractivity contribution in [3.05, 3.63) is 32.4 Å². The number of nitro groups is 2. The Morgan fingerprint density at radius 1 is 1.06 bits per heavy atom. The van der Waals surface area contributed by atoms with Crippen molar-refractivity contribution in [2.75, 3.05) is 13.2 Å². The van der Waals surface area contributed by atoms with Crippen LogP contribution in [0, 0.1) is 20.2 Å². The quantitative estimate of drug-likeness (QED) is 0.555. The first-order valence-electron chi connectivity index (χ1n) is 4.32. The summed E-state index contributed by atoms with van der Waals surface area (Å²) in [5.41, 5.74) is -0.847. The Labute approximate surface area is 88.7 Å². The number of nitro benzene ring substituents is 2. The molecule has 0 atom stereocenters. The van der Waals surface area contributed by atoms with Gasteiger partial charge in [-0.15, -0.1) is 0 Å². The fourth-order valence-corrected chi connectivity index (χ4v) is 1.36. The van der Waals surface area contributed by atoms with Crippen LogP contribution < -0.4 is 9.47 Å². The number of hydrogen-bond acceptors (Lipinski definition) is 6. The maximum Gasteiger partial charge on any atom is 0.321 e. The minimum atomic E-state index is -0.736. The Bertz CT molecular complexity index is 472. The molecular weight excluding hydrogens is 220 g/mol. The lowest BCUT2D eigenvalue weighted by Gasteiger charge is -2.17. The summed E-state index contributed by atoms with van der Waals surface area (Å²) in [4.78, 5) is 19.8. The normalized spacial score (nSPS) is 13.2. The number of nitrogens with zero attached hydrogens (tertiary/aromatic N) is 2. The molecular formula is C8H6N2O6. The van der Waals surface area contributed by atoms with Gasteiger partial charge < -0.3 is 9.47 Å². The Morgan fingerprint density at radius 3 is 2.38 bits per heavy atom. The van der Waals surface area contributed by atoms with Gasteiger partial charge in [-0.2, -0.15) is 0 Å². The van der Waals surface area contributed by atoms with Crippen molar-refractivity contribution in [2.24, 2.45) is 0 Å². The third kappa shape index (κ3) is 1.60. The van der Waals surface area contributed by atoms with Gasteiger partial charge in [-0.1, -0.05) is 0 Å². The van der Waals surface area contributed by atoms with E-state index in [0.717, 1.165) is 12.1 Å². The lowest BCUT2D eigenvalue weighted by Crippen LogP contribution is -2.16. The van der Waals surface area contributed by atoms with Gasteiger partial charge in [0.15, 0.2) is 5.75 Å². The van der Waals surface area contributed by atoms with Crippen LogP contribution in [-0.2, 0) is 0 Å². The highest BCUT2D eigenvalue weighted by molar-refractivity contribution is 5.62. The summed E-state index contributed by atoms with van der Waals surface area (Å²) in [6.07, 6.45) is 0. The van der Waals surface area contributed by atoms with Gasteiger partial charge in [0.25, 0.3) is 5.69 Å². The standard InChI is InChI=1S/C8H6N2O6/c11-9(12)5-3-6(10(13)14)8-7(4-5)15-1-2-16-8/h3-4H,1-2H2. The van der Waals surface area contributed by atoms with Crippen molar-refractivity contribution in [1.82, 2.24) is 0 Å². The van der Waals surface area contributed by atoms with E-state index in [4.69, 9.17) is 9.47 Å². The molecule has 0 aliphatic carbocycles. The van der Waals surface area contributed by atoms with Crippen molar-refractivity contribution < 1.29 is 19.3 Å². The minimum absolute atomic E-state index is 0.0344. The molecule has 1 aliphatic heterocycles. The molecule has 0 saturated heterocycles. The van der Waals surface area contributed by atoms with Crippen molar-refractivity contribution in [3.63, 3.8) is 0 Å². The van der Waals surface area contributed by atoms with E-state index in [2.05, 4.69) is 0 Å². The molecule has 0 fully saturated rings. The van der Waals surface area contributed by atoms with Crippen LogP contribution in [0.1, 0.15) is 0 Å². The lowest BCUT2D eigenvalue weighted by molar-refractivity contribution is -0.395. The molecule has 0 amide bonds. The number of ether oxygens (including phenoxy) is 2. The van der Waals surface area contributed by atoms with Crippen LogP contribution in [0.5, 0.6) is 11.5 Å². The third-order valence-electron chi connectivity index (χ3n) is 2.01. The summed E-state index contributed by atoms with van der Waals surface area (Å²) in [5, 5.41) is 21.2. The fourth-order valence-electron chi connectivity index (χ4n) is 1.36. The zero-order valence-electron chi connectivity index (χ0n) is 7.91. The Morgan fingerprint density at radius 2 is 1.75 bits per heavy atom. The van der Waals surface area contributed by atoms with E-state index >= 15 is 0 Å². The summed E-state index contributed by atoms with van der Waals surface area (Å²) < 4.78 is 10.1. The second-order valence-corrected chi connectivity index (χ2v) is 3.00. The zero-order valence-corrected chi connectivity index (χ0v) is 7.91. The first-order chi connectivity index (χ1) is 7.59. The van der Waals surface area contributed by atoms with E-state index in [-0.39, 0.29) is 24.7 Å². The molecule has 2 rings (SSSR count). The monoisotopic (exact) mass is 226 g/mol. The van der Waals surface area contributed by atoms with E-state index in [1.165, 1.54) is 0 Å². The maximum absolute atomic E-state index is 10.7. The first kappa shape index (κ1) is 10.1. The molecule has 1 aromatic carbocycles. The van der Waals surface area contributed by atoms with Gasteiger partial charge in [0.05, 0.1) is 22.0 Å². The van der Waals surface area contributed by atoms with Crippen molar-refractivity contribution in [3.8, 4) is 11.5 Å². The second-order valence-electron chi connectivity index (χ2n) is 3.00. The van der Waals surface area contributed by atoms with Gasteiger partial charge in [-0.05, 0) is 0 Å². The highest BCUT2D eigenvalue weighted by Crippen LogP contribution is 2.42. The topological polar surface area (TPSA) is 105 Å². The lowest BCUT2D eigenvalue weighted by atomic mass is 10.2. The number of benzene rings is 1. The SMILES string of the molecule is O=[N+]([O-])c1cc2c(c([N+](=O)[O-])c1)OCCO2. The van der Waals surface area contributed by atoms with Gasteiger partial charge in [0.2, 0.25) is 5.75 Å². The van der Waals surface area contributed by atoms with Gasteiger partial charge in [0.1, 0.15) is 13.2 Å². The molecule has 1 aliphatic rings. The van der Waals surface area contributed by atoms with E-state index in [1.807, 2.05) is 0 Å². The summed E-state index contributed by atoms with van der Waals surface area (Å²) >= 11 is 0. The molecule has 84 valence electrons. The van der Waals surface area contributed by atoms with Crippen molar-refractivity contribution >= 4 is 11.4 Å². The number of rotatable bonds is 2. The predicted octanol–water partition coefficient (Wildman–Crippen LogP) is 1.27. The van der Waals surface area contributed by atoms with Crippen LogP contribution >= 0.6 is 0 Å². The average Bonchev–Trinajstić information content (AvgIpc) is 2.27. The third-order valence-corrected chi connectivity index (χ3v) is 2.01. The number of non-ortho nitro benzene ring substituents is 1. The van der Waals surface area contributed by atoms with Crippen molar-refractivity contribution in [2.45, 2.75) is 0 Å². The van der Waals surface area contributed by atoms with Crippen LogP contribution in [0.2, 0.25) is 0 Å². The predicted molar refractivity (Wildman–Crippen MR) is 50.7 cm³/mol. The Hall–Kier alpha value is -2.38. The van der Waals surface area contributed by atoms with Gasteiger partial charge in [-0.3, -0.25) is 20.2 Å². The van der Waals surface area contributed by atoms with Crippen LogP contribution in [-0.4, -0.2) is 23.1 Å². The zero-order chi connectivity index (χ0) is 11.7. The molecule has 0 N–H and O–H groups in total. The molecule has 0 bridgehead atoms. The highest BCUT2D eigenvalue weighted by Gasteiger charge is 2.28. The summed E-state index contributed by atoms with van der Waals surface area (Å²) in [6.45, 7) is 0.400. The molecule has 16 heavy (non-hydrogen) atoms. The molecule has 0 radical (unpaired) electrons. The van der Waals surface area contributed by atoms with E-state index in [1.54, 1.807) is 0 Å². The molecule has 0 spiro atoms. The second kappa shape index (κ2) is 3.65. The van der Waals surface area contributed by atoms with Crippen molar-refractivity contribution in [1.29, 1.82) is 0 Å². The molecule has 8 heteroatoms. The summed E-state index contributed by atoms with van der Waals surface area (Å²) in [7, 11) is 0. The van der Waals surface area contributed by atoms with Crippen LogP contribution in [0.3, 0.4) is 0 Å². The number of hydrogen-bond donors (Lipinski definition) is 0. The van der Waals surface area contributed by atoms with Crippen LogP contribution in [0.15, 0.2) is 12.1 Å². The molecule has 1 heterocycles. The van der Waals surface area contributed by atoms with Crippen LogP contribution in [0.25, 0.3) is 0 Å². The average molecular weight is 226 g/mol. The molecule has 1 aromatic rings. The van der Waals surface area contributed by atoms with E-state index in [0.29, 0.717) is 0 Å². The van der Waals surface area contributed by atoms with Gasteiger partial charge in [0, 0.05) is 0 Å². The highest BCUT2D eigenvalue weighted by atomic mass is 16.6. The van der Waals surface area contributed by atoms with Gasteiger partial charge in [-0.25, -0.2) is 0 Å². The summed E-state index contributed by atoms with van der Waals surface area (Å²) in [5.74, 6) is -0.0194. The molecule has 0 aromatic heterocycles.